The number of aromatic nitrogens is 1. The molecule has 0 bridgehead atoms. The maximum Gasteiger partial charge on any atom is 0.341 e. The molecule has 7 heteroatoms. The van der Waals surface area contributed by atoms with E-state index in [4.69, 9.17) is 9.84 Å². The van der Waals surface area contributed by atoms with Crippen LogP contribution in [0.4, 0.5) is 13.2 Å². The highest BCUT2D eigenvalue weighted by atomic mass is 19.2. The van der Waals surface area contributed by atoms with Crippen LogP contribution in [0.25, 0.3) is 10.9 Å². The zero-order chi connectivity index (χ0) is 13.4. The summed E-state index contributed by atoms with van der Waals surface area (Å²) in [6.07, 6.45) is 0. The van der Waals surface area contributed by atoms with Crippen molar-refractivity contribution in [1.82, 2.24) is 4.98 Å². The third kappa shape index (κ3) is 1.73. The van der Waals surface area contributed by atoms with E-state index in [2.05, 4.69) is 4.98 Å². The van der Waals surface area contributed by atoms with Crippen LogP contribution in [0, 0.1) is 17.5 Å². The average Bonchev–Trinajstić information content (AvgIpc) is 2.34. The second kappa shape index (κ2) is 4.17. The number of rotatable bonds is 2. The molecular formula is C11H6F3NO3. The molecule has 0 unspecified atom stereocenters. The fourth-order valence-electron chi connectivity index (χ4n) is 1.51. The van der Waals surface area contributed by atoms with Gasteiger partial charge in [0, 0.05) is 11.5 Å². The highest BCUT2D eigenvalue weighted by Crippen LogP contribution is 2.27. The van der Waals surface area contributed by atoms with E-state index >= 15 is 0 Å². The maximum atomic E-state index is 13.4. The Morgan fingerprint density at radius 1 is 1.28 bits per heavy atom. The zero-order valence-electron chi connectivity index (χ0n) is 9.00. The average molecular weight is 257 g/mol. The van der Waals surface area contributed by atoms with Crippen LogP contribution in [0.5, 0.6) is 5.88 Å². The topological polar surface area (TPSA) is 59.4 Å². The highest BCUT2D eigenvalue weighted by molar-refractivity contribution is 5.95. The second-order valence-electron chi connectivity index (χ2n) is 3.40. The Hall–Kier alpha value is -2.31. The van der Waals surface area contributed by atoms with E-state index in [0.717, 1.165) is 13.2 Å². The number of ether oxygens (including phenoxy) is 1. The maximum absolute atomic E-state index is 13.4. The van der Waals surface area contributed by atoms with Gasteiger partial charge in [-0.3, -0.25) is 0 Å². The number of benzene rings is 1. The van der Waals surface area contributed by atoms with Gasteiger partial charge in [-0.2, -0.15) is 0 Å². The molecule has 1 aromatic carbocycles. The number of methoxy groups -OCH3 is 1. The Kier molecular flexibility index (Phi) is 2.82. The molecule has 0 saturated heterocycles. The molecule has 2 rings (SSSR count). The van der Waals surface area contributed by atoms with Gasteiger partial charge < -0.3 is 9.84 Å². The Bertz CT molecular complexity index is 658. The summed E-state index contributed by atoms with van der Waals surface area (Å²) in [5.74, 6) is -6.28. The van der Waals surface area contributed by atoms with E-state index in [1.165, 1.54) is 0 Å². The minimum Gasteiger partial charge on any atom is -0.480 e. The fourth-order valence-corrected chi connectivity index (χ4v) is 1.51. The quantitative estimate of drug-likeness (QED) is 0.839. The normalized spacial score (nSPS) is 10.7. The van der Waals surface area contributed by atoms with Crippen LogP contribution in [0.3, 0.4) is 0 Å². The number of carboxylic acid groups (broad SMARTS) is 1. The Labute approximate surface area is 98.6 Å². The first-order valence-electron chi connectivity index (χ1n) is 4.71. The number of hydrogen-bond donors (Lipinski definition) is 1. The summed E-state index contributed by atoms with van der Waals surface area (Å²) >= 11 is 0. The van der Waals surface area contributed by atoms with E-state index in [1.54, 1.807) is 0 Å². The molecule has 4 nitrogen and oxygen atoms in total. The molecular weight excluding hydrogens is 251 g/mol. The number of hydrogen-bond acceptors (Lipinski definition) is 3. The number of fused-ring (bicyclic) bond motifs is 1. The van der Waals surface area contributed by atoms with E-state index in [9.17, 15) is 18.0 Å². The Morgan fingerprint density at radius 2 is 1.94 bits per heavy atom. The first kappa shape index (κ1) is 12.2. The second-order valence-corrected chi connectivity index (χ2v) is 3.40. The minimum atomic E-state index is -1.68. The summed E-state index contributed by atoms with van der Waals surface area (Å²) in [5, 5.41) is 8.44. The molecule has 0 saturated carbocycles. The lowest BCUT2D eigenvalue weighted by Gasteiger charge is -2.07. The van der Waals surface area contributed by atoms with Crippen molar-refractivity contribution >= 4 is 16.9 Å². The Balaban J connectivity index is 2.88. The summed E-state index contributed by atoms with van der Waals surface area (Å²) in [6, 6.07) is 1.52. The SMILES string of the molecule is COc1nc2cc(F)c(F)c(F)c2cc1C(=O)O. The monoisotopic (exact) mass is 257 g/mol. The van der Waals surface area contributed by atoms with Crippen molar-refractivity contribution in [2.45, 2.75) is 0 Å². The van der Waals surface area contributed by atoms with Crippen molar-refractivity contribution in [3.8, 4) is 5.88 Å². The van der Waals surface area contributed by atoms with E-state index < -0.39 is 34.4 Å². The van der Waals surface area contributed by atoms with Crippen LogP contribution in [0.15, 0.2) is 12.1 Å². The largest absolute Gasteiger partial charge is 0.480 e. The highest BCUT2D eigenvalue weighted by Gasteiger charge is 2.20. The van der Waals surface area contributed by atoms with Crippen molar-refractivity contribution < 1.29 is 27.8 Å². The first-order chi connectivity index (χ1) is 8.45. The van der Waals surface area contributed by atoms with E-state index in [-0.39, 0.29) is 11.4 Å². The summed E-state index contributed by atoms with van der Waals surface area (Å²) in [5.41, 5.74) is -0.664. The van der Waals surface area contributed by atoms with Gasteiger partial charge in [0.25, 0.3) is 0 Å². The first-order valence-corrected chi connectivity index (χ1v) is 4.71. The van der Waals surface area contributed by atoms with Gasteiger partial charge in [-0.05, 0) is 6.07 Å². The molecule has 1 aromatic heterocycles. The molecule has 0 amide bonds. The summed E-state index contributed by atoms with van der Waals surface area (Å²) in [6.45, 7) is 0. The van der Waals surface area contributed by atoms with Gasteiger partial charge in [0.05, 0.1) is 12.6 Å². The summed E-state index contributed by atoms with van der Waals surface area (Å²) in [7, 11) is 1.16. The molecule has 1 N–H and O–H groups in total. The Morgan fingerprint density at radius 3 is 2.50 bits per heavy atom. The molecule has 18 heavy (non-hydrogen) atoms. The van der Waals surface area contributed by atoms with Crippen LogP contribution >= 0.6 is 0 Å². The third-order valence-electron chi connectivity index (χ3n) is 2.34. The molecule has 0 atom stereocenters. The number of aromatic carboxylic acids is 1. The van der Waals surface area contributed by atoms with Gasteiger partial charge >= 0.3 is 5.97 Å². The molecule has 2 aromatic rings. The van der Waals surface area contributed by atoms with Gasteiger partial charge in [0.1, 0.15) is 5.56 Å². The molecule has 0 aliphatic rings. The predicted molar refractivity (Wildman–Crippen MR) is 55.1 cm³/mol. The predicted octanol–water partition coefficient (Wildman–Crippen LogP) is 2.36. The zero-order valence-corrected chi connectivity index (χ0v) is 9.00. The standard InChI is InChI=1S/C11H6F3NO3/c1-18-10-5(11(16)17)2-4-7(15-10)3-6(12)9(14)8(4)13/h2-3H,1H3,(H,16,17). The van der Waals surface area contributed by atoms with Gasteiger partial charge in [0.2, 0.25) is 5.88 Å². The number of carboxylic acids is 1. The molecule has 0 radical (unpaired) electrons. The van der Waals surface area contributed by atoms with Crippen LogP contribution in [0.1, 0.15) is 10.4 Å². The summed E-state index contributed by atoms with van der Waals surface area (Å²) < 4.78 is 44.2. The summed E-state index contributed by atoms with van der Waals surface area (Å²) in [4.78, 5) is 14.5. The van der Waals surface area contributed by atoms with Crippen LogP contribution in [0.2, 0.25) is 0 Å². The van der Waals surface area contributed by atoms with Crippen molar-refractivity contribution in [2.24, 2.45) is 0 Å². The van der Waals surface area contributed by atoms with Crippen LogP contribution in [-0.2, 0) is 0 Å². The van der Waals surface area contributed by atoms with Gasteiger partial charge in [-0.1, -0.05) is 0 Å². The molecule has 1 heterocycles. The fraction of sp³-hybridized carbons (Fsp3) is 0.0909. The van der Waals surface area contributed by atoms with E-state index in [0.29, 0.717) is 6.07 Å². The lowest BCUT2D eigenvalue weighted by Crippen LogP contribution is -2.04. The van der Waals surface area contributed by atoms with Gasteiger partial charge in [-0.15, -0.1) is 0 Å². The molecule has 0 spiro atoms. The van der Waals surface area contributed by atoms with Crippen LogP contribution in [-0.4, -0.2) is 23.2 Å². The van der Waals surface area contributed by atoms with Crippen molar-refractivity contribution in [3.63, 3.8) is 0 Å². The van der Waals surface area contributed by atoms with Crippen molar-refractivity contribution in [2.75, 3.05) is 7.11 Å². The lowest BCUT2D eigenvalue weighted by molar-refractivity contribution is 0.0692. The number of carbonyl (C=O) groups is 1. The number of nitrogens with zero attached hydrogens (tertiary/aromatic N) is 1. The molecule has 94 valence electrons. The van der Waals surface area contributed by atoms with Crippen molar-refractivity contribution in [3.05, 3.63) is 35.1 Å². The number of pyridine rings is 1. The molecule has 0 aliphatic carbocycles. The minimum absolute atomic E-state index is 0.228. The molecule has 0 aliphatic heterocycles. The van der Waals surface area contributed by atoms with Crippen molar-refractivity contribution in [1.29, 1.82) is 0 Å². The van der Waals surface area contributed by atoms with Crippen LogP contribution < -0.4 is 4.74 Å². The number of halogens is 3. The third-order valence-corrected chi connectivity index (χ3v) is 2.34. The smallest absolute Gasteiger partial charge is 0.341 e. The van der Waals surface area contributed by atoms with Gasteiger partial charge in [0.15, 0.2) is 17.5 Å². The van der Waals surface area contributed by atoms with E-state index in [1.807, 2.05) is 0 Å². The van der Waals surface area contributed by atoms with Gasteiger partial charge in [-0.25, -0.2) is 22.9 Å². The lowest BCUT2D eigenvalue weighted by atomic mass is 10.1. The molecule has 0 fully saturated rings.